The molecule has 0 radical (unpaired) electrons. The number of hydrogen-bond acceptors (Lipinski definition) is 4. The Bertz CT molecular complexity index is 929. The third-order valence-electron chi connectivity index (χ3n) is 3.86. The fourth-order valence-electron chi connectivity index (χ4n) is 2.48. The molecule has 0 spiro atoms. The molecule has 0 saturated carbocycles. The van der Waals surface area contributed by atoms with Gasteiger partial charge in [0.2, 0.25) is 6.79 Å². The number of carbonyl (C=O) groups is 1. The van der Waals surface area contributed by atoms with Crippen molar-refractivity contribution in [2.45, 2.75) is 13.8 Å². The van der Waals surface area contributed by atoms with Gasteiger partial charge in [0.05, 0.1) is 0 Å². The molecule has 2 aromatic carbocycles. The van der Waals surface area contributed by atoms with Gasteiger partial charge in [0, 0.05) is 10.7 Å². The number of benzene rings is 2. The van der Waals surface area contributed by atoms with E-state index in [1.807, 2.05) is 26.0 Å². The zero-order chi connectivity index (χ0) is 18.0. The monoisotopic (exact) mass is 354 g/mol. The molecule has 0 bridgehead atoms. The molecule has 3 rings (SSSR count). The number of aryl methyl sites for hydroxylation is 2. The van der Waals surface area contributed by atoms with Crippen LogP contribution in [0.25, 0.3) is 6.08 Å². The van der Waals surface area contributed by atoms with Crippen molar-refractivity contribution in [2.24, 2.45) is 0 Å². The van der Waals surface area contributed by atoms with Crippen LogP contribution in [0, 0.1) is 25.2 Å². The maximum absolute atomic E-state index is 12.4. The van der Waals surface area contributed by atoms with Gasteiger partial charge in [-0.15, -0.1) is 0 Å². The predicted molar refractivity (Wildman–Crippen MR) is 95.7 cm³/mol. The van der Waals surface area contributed by atoms with Gasteiger partial charge in [-0.1, -0.05) is 11.6 Å². The molecule has 0 aliphatic carbocycles. The summed E-state index contributed by atoms with van der Waals surface area (Å²) in [7, 11) is 0. The van der Waals surface area contributed by atoms with Crippen LogP contribution in [0.1, 0.15) is 16.7 Å². The third-order valence-corrected chi connectivity index (χ3v) is 4.10. The van der Waals surface area contributed by atoms with Crippen LogP contribution in [-0.2, 0) is 4.79 Å². The molecular weight excluding hydrogens is 340 g/mol. The Labute approximate surface area is 150 Å². The van der Waals surface area contributed by atoms with Gasteiger partial charge in [0.25, 0.3) is 5.91 Å². The van der Waals surface area contributed by atoms with E-state index in [2.05, 4.69) is 5.32 Å². The van der Waals surface area contributed by atoms with Crippen molar-refractivity contribution in [3.05, 3.63) is 57.6 Å². The molecule has 1 N–H and O–H groups in total. The summed E-state index contributed by atoms with van der Waals surface area (Å²) in [4.78, 5) is 12.4. The number of anilines is 1. The number of carbonyl (C=O) groups excluding carboxylic acids is 1. The predicted octanol–water partition coefficient (Wildman–Crippen LogP) is 4.23. The van der Waals surface area contributed by atoms with E-state index >= 15 is 0 Å². The summed E-state index contributed by atoms with van der Waals surface area (Å²) in [6, 6.07) is 10.7. The van der Waals surface area contributed by atoms with Crippen molar-refractivity contribution < 1.29 is 14.3 Å². The first-order chi connectivity index (χ1) is 12.0. The molecule has 0 saturated heterocycles. The molecule has 2 aromatic rings. The van der Waals surface area contributed by atoms with Gasteiger partial charge in [-0.2, -0.15) is 5.26 Å². The van der Waals surface area contributed by atoms with Crippen LogP contribution in [0.3, 0.4) is 0 Å². The molecule has 1 amide bonds. The van der Waals surface area contributed by atoms with E-state index in [1.54, 1.807) is 24.3 Å². The average Bonchev–Trinajstić information content (AvgIpc) is 3.02. The second-order valence-electron chi connectivity index (χ2n) is 5.65. The minimum absolute atomic E-state index is 0.00341. The zero-order valence-corrected chi connectivity index (χ0v) is 14.5. The molecule has 0 unspecified atom stereocenters. The minimum atomic E-state index is -0.481. The number of rotatable bonds is 3. The molecule has 0 fully saturated rings. The highest BCUT2D eigenvalue weighted by molar-refractivity contribution is 6.30. The van der Waals surface area contributed by atoms with Crippen molar-refractivity contribution in [1.29, 1.82) is 5.26 Å². The summed E-state index contributed by atoms with van der Waals surface area (Å²) < 4.78 is 10.7. The second-order valence-corrected chi connectivity index (χ2v) is 6.08. The van der Waals surface area contributed by atoms with E-state index in [0.717, 1.165) is 16.7 Å². The SMILES string of the molecule is Cc1cc2c(cc1/C=C(\C#N)C(=O)Nc1ccc(Cl)cc1C)OCO2. The van der Waals surface area contributed by atoms with Gasteiger partial charge >= 0.3 is 0 Å². The smallest absolute Gasteiger partial charge is 0.266 e. The summed E-state index contributed by atoms with van der Waals surface area (Å²) in [6.45, 7) is 3.88. The van der Waals surface area contributed by atoms with Gasteiger partial charge in [-0.25, -0.2) is 0 Å². The largest absolute Gasteiger partial charge is 0.454 e. The number of nitrogens with one attached hydrogen (secondary N) is 1. The topological polar surface area (TPSA) is 71.4 Å². The number of ether oxygens (including phenoxy) is 2. The van der Waals surface area contributed by atoms with Gasteiger partial charge in [0.15, 0.2) is 11.5 Å². The number of amides is 1. The van der Waals surface area contributed by atoms with Crippen molar-refractivity contribution in [2.75, 3.05) is 12.1 Å². The molecule has 1 aliphatic heterocycles. The van der Waals surface area contributed by atoms with E-state index < -0.39 is 5.91 Å². The molecule has 0 atom stereocenters. The number of hydrogen-bond donors (Lipinski definition) is 1. The molecule has 6 heteroatoms. The Hall–Kier alpha value is -2.97. The normalized spacial score (nSPS) is 12.6. The first kappa shape index (κ1) is 16.9. The highest BCUT2D eigenvalue weighted by Gasteiger charge is 2.17. The summed E-state index contributed by atoms with van der Waals surface area (Å²) >= 11 is 5.92. The average molecular weight is 355 g/mol. The molecular formula is C19H15ClN2O3. The molecule has 1 heterocycles. The highest BCUT2D eigenvalue weighted by atomic mass is 35.5. The first-order valence-corrected chi connectivity index (χ1v) is 7.95. The fraction of sp³-hybridized carbons (Fsp3) is 0.158. The van der Waals surface area contributed by atoms with Crippen LogP contribution < -0.4 is 14.8 Å². The molecule has 126 valence electrons. The Morgan fingerprint density at radius 3 is 2.60 bits per heavy atom. The van der Waals surface area contributed by atoms with Crippen molar-refractivity contribution >= 4 is 29.3 Å². The molecule has 1 aliphatic rings. The van der Waals surface area contributed by atoms with E-state index in [1.165, 1.54) is 6.08 Å². The molecule has 25 heavy (non-hydrogen) atoms. The maximum Gasteiger partial charge on any atom is 0.266 e. The van der Waals surface area contributed by atoms with E-state index in [9.17, 15) is 10.1 Å². The summed E-state index contributed by atoms with van der Waals surface area (Å²) in [5.74, 6) is 0.780. The fourth-order valence-corrected chi connectivity index (χ4v) is 2.70. The van der Waals surface area contributed by atoms with Crippen molar-refractivity contribution in [3.8, 4) is 17.6 Å². The number of halogens is 1. The van der Waals surface area contributed by atoms with Gasteiger partial charge < -0.3 is 14.8 Å². The standard InChI is InChI=1S/C19H15ClN2O3/c1-11-6-17-18(25-10-24-17)8-13(11)7-14(9-21)19(23)22-16-4-3-15(20)5-12(16)2/h3-8H,10H2,1-2H3,(H,22,23)/b14-7+. The lowest BCUT2D eigenvalue weighted by atomic mass is 10.0. The Morgan fingerprint density at radius 1 is 1.20 bits per heavy atom. The second kappa shape index (κ2) is 6.88. The lowest BCUT2D eigenvalue weighted by molar-refractivity contribution is -0.112. The Kier molecular flexibility index (Phi) is 4.64. The van der Waals surface area contributed by atoms with Crippen LogP contribution in [0.5, 0.6) is 11.5 Å². The number of fused-ring (bicyclic) bond motifs is 1. The van der Waals surface area contributed by atoms with Crippen LogP contribution in [0.15, 0.2) is 35.9 Å². The molecule has 5 nitrogen and oxygen atoms in total. The van der Waals surface area contributed by atoms with E-state index in [0.29, 0.717) is 22.2 Å². The first-order valence-electron chi connectivity index (χ1n) is 7.57. The lowest BCUT2D eigenvalue weighted by Crippen LogP contribution is -2.14. The number of nitriles is 1. The van der Waals surface area contributed by atoms with Crippen molar-refractivity contribution in [3.63, 3.8) is 0 Å². The van der Waals surface area contributed by atoms with E-state index in [4.69, 9.17) is 21.1 Å². The van der Waals surface area contributed by atoms with Crippen LogP contribution in [-0.4, -0.2) is 12.7 Å². The zero-order valence-electron chi connectivity index (χ0n) is 13.7. The van der Waals surface area contributed by atoms with Crippen LogP contribution >= 0.6 is 11.6 Å². The van der Waals surface area contributed by atoms with Crippen LogP contribution in [0.4, 0.5) is 5.69 Å². The maximum atomic E-state index is 12.4. The summed E-state index contributed by atoms with van der Waals surface area (Å²) in [5, 5.41) is 12.7. The van der Waals surface area contributed by atoms with Gasteiger partial charge in [-0.3, -0.25) is 4.79 Å². The third kappa shape index (κ3) is 3.59. The molecule has 0 aromatic heterocycles. The van der Waals surface area contributed by atoms with Crippen LogP contribution in [0.2, 0.25) is 5.02 Å². The van der Waals surface area contributed by atoms with Gasteiger partial charge in [-0.05, 0) is 66.9 Å². The quantitative estimate of drug-likeness (QED) is 0.661. The lowest BCUT2D eigenvalue weighted by Gasteiger charge is -2.09. The Balaban J connectivity index is 1.88. The van der Waals surface area contributed by atoms with Crippen molar-refractivity contribution in [1.82, 2.24) is 0 Å². The minimum Gasteiger partial charge on any atom is -0.454 e. The summed E-state index contributed by atoms with van der Waals surface area (Å²) in [6.07, 6.45) is 1.54. The summed E-state index contributed by atoms with van der Waals surface area (Å²) in [5.41, 5.74) is 3.03. The van der Waals surface area contributed by atoms with Gasteiger partial charge in [0.1, 0.15) is 11.6 Å². The number of nitrogens with zero attached hydrogens (tertiary/aromatic N) is 1. The Morgan fingerprint density at radius 2 is 1.92 bits per heavy atom. The highest BCUT2D eigenvalue weighted by Crippen LogP contribution is 2.35. The van der Waals surface area contributed by atoms with E-state index in [-0.39, 0.29) is 12.4 Å².